The lowest BCUT2D eigenvalue weighted by Gasteiger charge is -2.07. The molecule has 0 amide bonds. The van der Waals surface area contributed by atoms with E-state index in [1.807, 2.05) is 24.3 Å². The van der Waals surface area contributed by atoms with Gasteiger partial charge < -0.3 is 14.3 Å². The molecule has 0 saturated carbocycles. The Morgan fingerprint density at radius 3 is 2.85 bits per heavy atom. The van der Waals surface area contributed by atoms with Crippen molar-refractivity contribution in [1.82, 2.24) is 9.55 Å². The SMILES string of the molecule is CCOC(=O)c1c[nH]c2c(=O)n(C)c3ccccc3c12. The van der Waals surface area contributed by atoms with Crippen molar-refractivity contribution < 1.29 is 9.53 Å². The molecule has 0 spiro atoms. The Balaban J connectivity index is 2.48. The molecular weight excluding hydrogens is 256 g/mol. The zero-order valence-corrected chi connectivity index (χ0v) is 11.3. The number of H-pyrrole nitrogens is 1. The van der Waals surface area contributed by atoms with Gasteiger partial charge in [0, 0.05) is 24.0 Å². The molecule has 1 aromatic carbocycles. The van der Waals surface area contributed by atoms with Crippen molar-refractivity contribution >= 4 is 27.8 Å². The fourth-order valence-electron chi connectivity index (χ4n) is 2.50. The molecule has 5 heteroatoms. The molecule has 0 radical (unpaired) electrons. The number of aromatic amines is 1. The minimum atomic E-state index is -0.419. The maximum absolute atomic E-state index is 12.3. The van der Waals surface area contributed by atoms with Crippen molar-refractivity contribution in [1.29, 1.82) is 0 Å². The molecule has 0 unspecified atom stereocenters. The van der Waals surface area contributed by atoms with Crippen LogP contribution in [0.2, 0.25) is 0 Å². The number of fused-ring (bicyclic) bond motifs is 3. The zero-order chi connectivity index (χ0) is 14.3. The monoisotopic (exact) mass is 270 g/mol. The summed E-state index contributed by atoms with van der Waals surface area (Å²) in [6, 6.07) is 7.50. The molecule has 20 heavy (non-hydrogen) atoms. The van der Waals surface area contributed by atoms with Gasteiger partial charge in [-0.3, -0.25) is 4.79 Å². The Kier molecular flexibility index (Phi) is 2.82. The van der Waals surface area contributed by atoms with Crippen molar-refractivity contribution in [3.8, 4) is 0 Å². The first-order valence-electron chi connectivity index (χ1n) is 6.41. The van der Waals surface area contributed by atoms with E-state index >= 15 is 0 Å². The van der Waals surface area contributed by atoms with Crippen LogP contribution in [-0.4, -0.2) is 22.1 Å². The second-order valence-corrected chi connectivity index (χ2v) is 4.55. The second-order valence-electron chi connectivity index (χ2n) is 4.55. The predicted octanol–water partition coefficient (Wildman–Crippen LogP) is 2.20. The lowest BCUT2D eigenvalue weighted by atomic mass is 10.1. The van der Waals surface area contributed by atoms with Gasteiger partial charge in [0.25, 0.3) is 5.56 Å². The van der Waals surface area contributed by atoms with E-state index in [0.29, 0.717) is 23.1 Å². The Morgan fingerprint density at radius 1 is 1.35 bits per heavy atom. The van der Waals surface area contributed by atoms with E-state index in [2.05, 4.69) is 4.98 Å². The maximum Gasteiger partial charge on any atom is 0.340 e. The van der Waals surface area contributed by atoms with Gasteiger partial charge >= 0.3 is 5.97 Å². The first-order chi connectivity index (χ1) is 9.65. The first-order valence-corrected chi connectivity index (χ1v) is 6.41. The van der Waals surface area contributed by atoms with E-state index in [4.69, 9.17) is 4.74 Å². The normalized spacial score (nSPS) is 11.1. The van der Waals surface area contributed by atoms with E-state index in [1.54, 1.807) is 18.5 Å². The molecule has 102 valence electrons. The fraction of sp³-hybridized carbons (Fsp3) is 0.200. The Bertz CT molecular complexity index is 874. The van der Waals surface area contributed by atoms with Gasteiger partial charge in [0.15, 0.2) is 0 Å². The lowest BCUT2D eigenvalue weighted by Crippen LogP contribution is -2.17. The quantitative estimate of drug-likeness (QED) is 0.726. The van der Waals surface area contributed by atoms with Crippen LogP contribution in [0.1, 0.15) is 17.3 Å². The minimum Gasteiger partial charge on any atom is -0.462 e. The molecule has 0 aliphatic heterocycles. The predicted molar refractivity (Wildman–Crippen MR) is 77.0 cm³/mol. The number of aryl methyl sites for hydroxylation is 1. The average Bonchev–Trinajstić information content (AvgIpc) is 2.90. The highest BCUT2D eigenvalue weighted by Gasteiger charge is 2.18. The van der Waals surface area contributed by atoms with Crippen molar-refractivity contribution in [2.45, 2.75) is 6.92 Å². The summed E-state index contributed by atoms with van der Waals surface area (Å²) < 4.78 is 6.62. The van der Waals surface area contributed by atoms with Gasteiger partial charge in [-0.05, 0) is 13.0 Å². The number of esters is 1. The molecule has 2 aromatic heterocycles. The molecule has 0 fully saturated rings. The van der Waals surface area contributed by atoms with E-state index in [9.17, 15) is 9.59 Å². The number of carbonyl (C=O) groups excluding carboxylic acids is 1. The highest BCUT2D eigenvalue weighted by atomic mass is 16.5. The third kappa shape index (κ3) is 1.63. The number of benzene rings is 1. The number of carbonyl (C=O) groups is 1. The van der Waals surface area contributed by atoms with Crippen LogP contribution in [0.5, 0.6) is 0 Å². The van der Waals surface area contributed by atoms with Crippen LogP contribution < -0.4 is 5.56 Å². The summed E-state index contributed by atoms with van der Waals surface area (Å²) >= 11 is 0. The molecule has 0 bridgehead atoms. The molecule has 3 aromatic rings. The third-order valence-corrected chi connectivity index (χ3v) is 3.43. The highest BCUT2D eigenvalue weighted by Crippen LogP contribution is 2.25. The van der Waals surface area contributed by atoms with Crippen LogP contribution in [0.4, 0.5) is 0 Å². The molecule has 0 aliphatic rings. The standard InChI is InChI=1S/C15H14N2O3/c1-3-20-15(19)10-8-16-13-12(10)9-6-4-5-7-11(9)17(2)14(13)18/h4-8,16H,3H2,1-2H3. The number of hydrogen-bond donors (Lipinski definition) is 1. The number of nitrogens with zero attached hydrogens (tertiary/aromatic N) is 1. The van der Waals surface area contributed by atoms with Gasteiger partial charge in [0.05, 0.1) is 17.7 Å². The largest absolute Gasteiger partial charge is 0.462 e. The van der Waals surface area contributed by atoms with Crippen LogP contribution in [0.3, 0.4) is 0 Å². The molecule has 0 atom stereocenters. The number of nitrogens with one attached hydrogen (secondary N) is 1. The summed E-state index contributed by atoms with van der Waals surface area (Å²) in [5, 5.41) is 1.48. The number of rotatable bonds is 2. The van der Waals surface area contributed by atoms with Crippen LogP contribution in [0.25, 0.3) is 21.8 Å². The van der Waals surface area contributed by atoms with Gasteiger partial charge in [-0.15, -0.1) is 0 Å². The summed E-state index contributed by atoms with van der Waals surface area (Å²) in [6.45, 7) is 2.05. The number of ether oxygens (including phenoxy) is 1. The van der Waals surface area contributed by atoms with Gasteiger partial charge in [0.1, 0.15) is 5.52 Å². The lowest BCUT2D eigenvalue weighted by molar-refractivity contribution is 0.0529. The van der Waals surface area contributed by atoms with Crippen molar-refractivity contribution in [2.75, 3.05) is 6.61 Å². The average molecular weight is 270 g/mol. The van der Waals surface area contributed by atoms with Crippen LogP contribution in [0.15, 0.2) is 35.3 Å². The summed E-state index contributed by atoms with van der Waals surface area (Å²) in [6.07, 6.45) is 1.54. The molecule has 2 heterocycles. The topological polar surface area (TPSA) is 64.1 Å². The van der Waals surface area contributed by atoms with Gasteiger partial charge in [-0.2, -0.15) is 0 Å². The van der Waals surface area contributed by atoms with Gasteiger partial charge in [-0.25, -0.2) is 4.79 Å². The molecular formula is C15H14N2O3. The highest BCUT2D eigenvalue weighted by molar-refractivity contribution is 6.15. The molecule has 1 N–H and O–H groups in total. The Labute approximate surface area is 114 Å². The summed E-state index contributed by atoms with van der Waals surface area (Å²) in [5.74, 6) is -0.419. The van der Waals surface area contributed by atoms with Crippen LogP contribution >= 0.6 is 0 Å². The van der Waals surface area contributed by atoms with Gasteiger partial charge in [-0.1, -0.05) is 18.2 Å². The number of hydrogen-bond acceptors (Lipinski definition) is 3. The maximum atomic E-state index is 12.3. The number of para-hydroxylation sites is 1. The van der Waals surface area contributed by atoms with E-state index in [0.717, 1.165) is 10.9 Å². The van der Waals surface area contributed by atoms with Crippen LogP contribution in [0, 0.1) is 0 Å². The molecule has 5 nitrogen and oxygen atoms in total. The van der Waals surface area contributed by atoms with E-state index < -0.39 is 5.97 Å². The van der Waals surface area contributed by atoms with E-state index in [1.165, 1.54) is 6.20 Å². The van der Waals surface area contributed by atoms with Gasteiger partial charge in [0.2, 0.25) is 0 Å². The number of aromatic nitrogens is 2. The minimum absolute atomic E-state index is 0.158. The summed E-state index contributed by atoms with van der Waals surface area (Å²) in [5.41, 5.74) is 1.45. The number of pyridine rings is 1. The van der Waals surface area contributed by atoms with Crippen molar-refractivity contribution in [3.05, 3.63) is 46.4 Å². The smallest absolute Gasteiger partial charge is 0.340 e. The summed E-state index contributed by atoms with van der Waals surface area (Å²) in [7, 11) is 1.72. The first kappa shape index (κ1) is 12.5. The van der Waals surface area contributed by atoms with Crippen LogP contribution in [-0.2, 0) is 11.8 Å². The Morgan fingerprint density at radius 2 is 2.10 bits per heavy atom. The van der Waals surface area contributed by atoms with Crippen molar-refractivity contribution in [3.63, 3.8) is 0 Å². The Hall–Kier alpha value is -2.56. The molecule has 3 rings (SSSR count). The molecule has 0 saturated heterocycles. The van der Waals surface area contributed by atoms with E-state index in [-0.39, 0.29) is 5.56 Å². The second kappa shape index (κ2) is 4.52. The molecule has 0 aliphatic carbocycles. The zero-order valence-electron chi connectivity index (χ0n) is 11.3. The van der Waals surface area contributed by atoms with Crippen molar-refractivity contribution in [2.24, 2.45) is 7.05 Å². The fourth-order valence-corrected chi connectivity index (χ4v) is 2.50. The third-order valence-electron chi connectivity index (χ3n) is 3.43. The summed E-state index contributed by atoms with van der Waals surface area (Å²) in [4.78, 5) is 27.2.